The van der Waals surface area contributed by atoms with E-state index in [0.717, 1.165) is 24.1 Å². The second-order valence-electron chi connectivity index (χ2n) is 14.3. The molecule has 1 heterocycles. The summed E-state index contributed by atoms with van der Waals surface area (Å²) >= 11 is 0. The maximum atomic E-state index is 12.1. The summed E-state index contributed by atoms with van der Waals surface area (Å²) < 4.78 is 0. The largest absolute Gasteiger partial charge is 0.512 e. The predicted molar refractivity (Wildman–Crippen MR) is 202 cm³/mol. The number of allylic oxidation sites excluding steroid dienone is 2. The Morgan fingerprint density at radius 1 is 0.750 bits per heavy atom. The van der Waals surface area contributed by atoms with E-state index in [4.69, 9.17) is 4.98 Å². The molecule has 0 saturated heterocycles. The van der Waals surface area contributed by atoms with Gasteiger partial charge in [-0.1, -0.05) is 118 Å². The molecule has 48 heavy (non-hydrogen) atoms. The van der Waals surface area contributed by atoms with E-state index in [1.807, 2.05) is 20.0 Å². The fraction of sp³-hybridized carbons (Fsp3) is 0.409. The van der Waals surface area contributed by atoms with Crippen LogP contribution in [0.4, 0.5) is 0 Å². The van der Waals surface area contributed by atoms with Crippen LogP contribution >= 0.6 is 0 Å². The number of fused-ring (bicyclic) bond motifs is 5. The normalized spacial score (nSPS) is 12.1. The van der Waals surface area contributed by atoms with Crippen LogP contribution in [0.25, 0.3) is 43.6 Å². The van der Waals surface area contributed by atoms with E-state index in [-0.39, 0.29) is 43.5 Å². The molecule has 4 aromatic carbocycles. The minimum Gasteiger partial charge on any atom is -0.512 e. The Hall–Kier alpha value is -3.33. The van der Waals surface area contributed by atoms with Crippen molar-refractivity contribution in [1.29, 1.82) is 0 Å². The van der Waals surface area contributed by atoms with Gasteiger partial charge in [0.25, 0.3) is 0 Å². The Bertz CT molecular complexity index is 1830. The molecule has 0 unspecified atom stereocenters. The third-order valence-electron chi connectivity index (χ3n) is 9.58. The fourth-order valence-electron chi connectivity index (χ4n) is 6.85. The van der Waals surface area contributed by atoms with Crippen molar-refractivity contribution in [2.24, 2.45) is 23.7 Å². The van der Waals surface area contributed by atoms with E-state index >= 15 is 0 Å². The van der Waals surface area contributed by atoms with Gasteiger partial charge in [0.2, 0.25) is 0 Å². The Balaban J connectivity index is 0.000000301. The Morgan fingerprint density at radius 2 is 1.33 bits per heavy atom. The molecule has 0 aliphatic rings. The number of aliphatic hydroxyl groups is 1. The van der Waals surface area contributed by atoms with Crippen molar-refractivity contribution in [2.75, 3.05) is 0 Å². The summed E-state index contributed by atoms with van der Waals surface area (Å²) in [7, 11) is 0. The SMILES string of the molecule is CC(C)c1[c-]c(-c2nccc3c2ccc2c4ccccc4ccc32)cc(C(C)C)c1.CCC(CC)/C(O)=C/C(=O)C(C(C)C)C(C)C.[Ir]. The van der Waals surface area contributed by atoms with Gasteiger partial charge in [-0.3, -0.25) is 4.79 Å². The number of nitrogens with zero attached hydrogens (tertiary/aromatic N) is 1. The van der Waals surface area contributed by atoms with Crippen molar-refractivity contribution in [3.63, 3.8) is 0 Å². The number of rotatable bonds is 10. The van der Waals surface area contributed by atoms with Crippen molar-refractivity contribution in [1.82, 2.24) is 4.98 Å². The van der Waals surface area contributed by atoms with Crippen LogP contribution in [-0.2, 0) is 24.9 Å². The number of ketones is 1. The summed E-state index contributed by atoms with van der Waals surface area (Å²) in [5, 5.41) is 17.5. The quantitative estimate of drug-likeness (QED) is 0.0661. The maximum Gasteiger partial charge on any atom is 0.162 e. The third-order valence-corrected chi connectivity index (χ3v) is 9.58. The summed E-state index contributed by atoms with van der Waals surface area (Å²) in [6.07, 6.45) is 5.15. The zero-order chi connectivity index (χ0) is 34.4. The van der Waals surface area contributed by atoms with Crippen molar-refractivity contribution in [3.8, 4) is 11.3 Å². The third kappa shape index (κ3) is 8.82. The summed E-state index contributed by atoms with van der Waals surface area (Å²) in [4.78, 5) is 17.0. The van der Waals surface area contributed by atoms with Gasteiger partial charge in [-0.25, -0.2) is 0 Å². The number of hydrogen-bond acceptors (Lipinski definition) is 3. The summed E-state index contributed by atoms with van der Waals surface area (Å²) in [6, 6.07) is 27.9. The minimum atomic E-state index is 0. The molecule has 0 spiro atoms. The summed E-state index contributed by atoms with van der Waals surface area (Å²) in [5.74, 6) is 1.99. The predicted octanol–water partition coefficient (Wildman–Crippen LogP) is 12.6. The molecule has 0 atom stereocenters. The molecule has 257 valence electrons. The van der Waals surface area contributed by atoms with E-state index in [9.17, 15) is 9.90 Å². The van der Waals surface area contributed by atoms with E-state index < -0.39 is 0 Å². The summed E-state index contributed by atoms with van der Waals surface area (Å²) in [6.45, 7) is 21.3. The van der Waals surface area contributed by atoms with Gasteiger partial charge in [-0.05, 0) is 80.6 Å². The molecule has 0 saturated carbocycles. The van der Waals surface area contributed by atoms with Gasteiger partial charge in [0, 0.05) is 44.2 Å². The molecule has 5 rings (SSSR count). The van der Waals surface area contributed by atoms with E-state index in [1.165, 1.54) is 49.5 Å². The zero-order valence-electron chi connectivity index (χ0n) is 30.5. The molecule has 4 heteroatoms. The molecule has 1 N–H and O–H groups in total. The average Bonchev–Trinajstić information content (AvgIpc) is 3.04. The van der Waals surface area contributed by atoms with Crippen molar-refractivity contribution < 1.29 is 30.0 Å². The number of benzene rings is 4. The van der Waals surface area contributed by atoms with E-state index in [2.05, 4.69) is 128 Å². The first-order valence-electron chi connectivity index (χ1n) is 17.6. The Labute approximate surface area is 302 Å². The molecular weight excluding hydrogens is 767 g/mol. The number of carbonyl (C=O) groups excluding carboxylic acids is 1. The number of hydrogen-bond donors (Lipinski definition) is 1. The van der Waals surface area contributed by atoms with Crippen LogP contribution in [0.5, 0.6) is 0 Å². The molecule has 5 aromatic rings. The molecule has 0 fully saturated rings. The minimum absolute atomic E-state index is 0. The second kappa shape index (κ2) is 17.4. The van der Waals surface area contributed by atoms with Crippen LogP contribution in [0.2, 0.25) is 0 Å². The van der Waals surface area contributed by atoms with Gasteiger partial charge < -0.3 is 10.1 Å². The fourth-order valence-corrected chi connectivity index (χ4v) is 6.85. The van der Waals surface area contributed by atoms with Gasteiger partial charge in [0.1, 0.15) is 0 Å². The number of aliphatic hydroxyl groups excluding tert-OH is 1. The number of aromatic nitrogens is 1. The zero-order valence-corrected chi connectivity index (χ0v) is 32.9. The van der Waals surface area contributed by atoms with Crippen LogP contribution in [0, 0.1) is 29.7 Å². The van der Waals surface area contributed by atoms with E-state index in [0.29, 0.717) is 23.7 Å². The summed E-state index contributed by atoms with van der Waals surface area (Å²) in [5.41, 5.74) is 4.71. The smallest absolute Gasteiger partial charge is 0.162 e. The van der Waals surface area contributed by atoms with Gasteiger partial charge in [0.05, 0.1) is 5.76 Å². The van der Waals surface area contributed by atoms with Crippen molar-refractivity contribution in [3.05, 3.63) is 102 Å². The van der Waals surface area contributed by atoms with Gasteiger partial charge >= 0.3 is 0 Å². The Morgan fingerprint density at radius 3 is 1.94 bits per heavy atom. The van der Waals surface area contributed by atoms with Gasteiger partial charge in [-0.15, -0.1) is 34.9 Å². The van der Waals surface area contributed by atoms with Gasteiger partial charge in [0.15, 0.2) is 5.78 Å². The van der Waals surface area contributed by atoms with E-state index in [1.54, 1.807) is 0 Å². The first-order chi connectivity index (χ1) is 22.4. The average molecular weight is 821 g/mol. The standard InChI is InChI=1S/C29H26N.C15H28O2.Ir/c1-18(2)21-15-22(19(3)4)17-23(16-21)29-28-12-11-25-24-8-6-5-7-20(24)9-10-26(25)27(28)13-14-30-29;1-7-12(8-2)13(16)9-14(17)15(10(3)4)11(5)6;/h5-16,18-19H,1-4H3;9-12,15-16H,7-8H2,1-6H3;/q-1;;/b;13-9-;. The molecule has 0 aliphatic carbocycles. The van der Waals surface area contributed by atoms with Crippen molar-refractivity contribution in [2.45, 2.75) is 93.9 Å². The monoisotopic (exact) mass is 821 g/mol. The maximum absolute atomic E-state index is 12.1. The second-order valence-corrected chi connectivity index (χ2v) is 14.3. The molecule has 1 aromatic heterocycles. The number of pyridine rings is 1. The molecule has 0 aliphatic heterocycles. The molecule has 3 nitrogen and oxygen atoms in total. The molecule has 0 amide bonds. The van der Waals surface area contributed by atoms with Gasteiger partial charge in [-0.2, -0.15) is 0 Å². The topological polar surface area (TPSA) is 50.2 Å². The molecule has 0 bridgehead atoms. The first kappa shape index (κ1) is 39.1. The van der Waals surface area contributed by atoms with Crippen LogP contribution in [0.1, 0.15) is 105 Å². The Kier molecular flexibility index (Phi) is 14.1. The first-order valence-corrected chi connectivity index (χ1v) is 17.6. The van der Waals surface area contributed by atoms with Crippen molar-refractivity contribution >= 4 is 38.1 Å². The molecular formula is C44H54IrNO2-. The van der Waals surface area contributed by atoms with Crippen LogP contribution in [-0.4, -0.2) is 15.9 Å². The van der Waals surface area contributed by atoms with Crippen LogP contribution in [0.3, 0.4) is 0 Å². The van der Waals surface area contributed by atoms with Crippen LogP contribution < -0.4 is 0 Å². The number of carbonyl (C=O) groups is 1. The molecule has 1 radical (unpaired) electrons. The van der Waals surface area contributed by atoms with Crippen LogP contribution in [0.15, 0.2) is 84.8 Å².